The Morgan fingerprint density at radius 3 is 2.44 bits per heavy atom. The molecule has 2 aromatic rings. The van der Waals surface area contributed by atoms with E-state index in [0.717, 1.165) is 60.8 Å². The summed E-state index contributed by atoms with van der Waals surface area (Å²) in [5.74, 6) is -1.85. The van der Waals surface area contributed by atoms with Crippen LogP contribution in [-0.4, -0.2) is 59.9 Å². The lowest BCUT2D eigenvalue weighted by Gasteiger charge is -2.41. The first-order valence-electron chi connectivity index (χ1n) is 11.6. The molecule has 2 heterocycles. The van der Waals surface area contributed by atoms with Crippen LogP contribution in [0.15, 0.2) is 30.3 Å². The van der Waals surface area contributed by atoms with Crippen molar-refractivity contribution in [1.82, 2.24) is 9.80 Å². The molecule has 2 saturated heterocycles. The summed E-state index contributed by atoms with van der Waals surface area (Å²) < 4.78 is 32.7. The van der Waals surface area contributed by atoms with Gasteiger partial charge in [-0.15, -0.1) is 0 Å². The topological polar surface area (TPSA) is 49.9 Å². The van der Waals surface area contributed by atoms with E-state index in [2.05, 4.69) is 4.90 Å². The molecule has 2 fully saturated rings. The molecule has 34 heavy (non-hydrogen) atoms. The fourth-order valence-electron chi connectivity index (χ4n) is 4.84. The number of hydrogen-bond acceptors (Lipinski definition) is 4. The van der Waals surface area contributed by atoms with Crippen molar-refractivity contribution in [2.75, 3.05) is 26.2 Å². The van der Waals surface area contributed by atoms with E-state index >= 15 is 0 Å². The highest BCUT2D eigenvalue weighted by molar-refractivity contribution is 6.30. The van der Waals surface area contributed by atoms with E-state index in [0.29, 0.717) is 24.7 Å². The summed E-state index contributed by atoms with van der Waals surface area (Å²) in [6.45, 7) is 7.35. The largest absolute Gasteiger partial charge is 0.368 e. The summed E-state index contributed by atoms with van der Waals surface area (Å²) in [5, 5.41) is 0.508. The number of halogens is 3. The zero-order valence-corrected chi connectivity index (χ0v) is 20.2. The quantitative estimate of drug-likeness (QED) is 0.557. The van der Waals surface area contributed by atoms with Crippen LogP contribution in [0, 0.1) is 18.6 Å². The first-order valence-corrected chi connectivity index (χ1v) is 12.0. The van der Waals surface area contributed by atoms with Gasteiger partial charge in [0.2, 0.25) is 0 Å². The summed E-state index contributed by atoms with van der Waals surface area (Å²) in [6.07, 6.45) is 1.41. The van der Waals surface area contributed by atoms with Crippen molar-refractivity contribution in [3.8, 4) is 0 Å². The normalized spacial score (nSPS) is 21.1. The van der Waals surface area contributed by atoms with E-state index in [4.69, 9.17) is 16.3 Å². The highest BCUT2D eigenvalue weighted by Crippen LogP contribution is 2.25. The van der Waals surface area contributed by atoms with E-state index in [1.807, 2.05) is 24.8 Å². The predicted octanol–water partition coefficient (Wildman–Crippen LogP) is 4.56. The molecule has 0 aromatic heterocycles. The summed E-state index contributed by atoms with van der Waals surface area (Å²) in [6, 6.07) is 6.52. The smallest absolute Gasteiger partial charge is 0.252 e. The van der Waals surface area contributed by atoms with Crippen molar-refractivity contribution < 1.29 is 23.1 Å². The predicted molar refractivity (Wildman–Crippen MR) is 126 cm³/mol. The molecule has 2 aliphatic rings. The fraction of sp³-hybridized carbons (Fsp3) is 0.462. The highest BCUT2D eigenvalue weighted by atomic mass is 35.5. The molecule has 0 unspecified atom stereocenters. The van der Waals surface area contributed by atoms with Gasteiger partial charge in [-0.2, -0.15) is 0 Å². The zero-order chi connectivity index (χ0) is 24.4. The number of amides is 1. The lowest BCUT2D eigenvalue weighted by molar-refractivity contribution is -0.145. The number of ether oxygens (including phenoxy) is 1. The van der Waals surface area contributed by atoms with Crippen LogP contribution in [0.5, 0.6) is 0 Å². The number of rotatable bonds is 6. The molecule has 2 aliphatic heterocycles. The Balaban J connectivity index is 1.44. The number of carbonyl (C=O) groups is 2. The van der Waals surface area contributed by atoms with E-state index in [1.165, 1.54) is 0 Å². The maximum atomic E-state index is 13.5. The minimum atomic E-state index is -0.780. The first kappa shape index (κ1) is 24.8. The van der Waals surface area contributed by atoms with Crippen molar-refractivity contribution in [1.29, 1.82) is 0 Å². The third kappa shape index (κ3) is 5.65. The van der Waals surface area contributed by atoms with Crippen LogP contribution < -0.4 is 0 Å². The van der Waals surface area contributed by atoms with Gasteiger partial charge < -0.3 is 9.64 Å². The SMILES string of the molecule is Cc1c(CC(=O)c2cc(F)cc(F)c2)cc(Cl)cc1CN1CCN(C(=O)[C@@H]2CCCO2)[C@@H](C)C1. The third-order valence-electron chi connectivity index (χ3n) is 6.72. The van der Waals surface area contributed by atoms with Gasteiger partial charge in [-0.25, -0.2) is 8.78 Å². The van der Waals surface area contributed by atoms with Crippen molar-refractivity contribution in [2.24, 2.45) is 0 Å². The zero-order valence-electron chi connectivity index (χ0n) is 19.5. The molecule has 0 N–H and O–H groups in total. The standard InChI is InChI=1S/C26H29ClF2N2O3/c1-16-14-30(5-6-31(16)26(33)25-4-3-7-34-25)15-20-9-21(27)8-18(17(20)2)12-24(32)19-10-22(28)13-23(29)11-19/h8-11,13,16,25H,3-7,12,14-15H2,1-2H3/t16-,25-/m0/s1. The second-order valence-corrected chi connectivity index (χ2v) is 9.66. The number of carbonyl (C=O) groups excluding carboxylic acids is 2. The first-order chi connectivity index (χ1) is 16.2. The Kier molecular flexibility index (Phi) is 7.65. The van der Waals surface area contributed by atoms with Gasteiger partial charge in [0.1, 0.15) is 17.7 Å². The van der Waals surface area contributed by atoms with Crippen LogP contribution in [0.25, 0.3) is 0 Å². The van der Waals surface area contributed by atoms with Gasteiger partial charge in [0.25, 0.3) is 5.91 Å². The number of piperazine rings is 1. The lowest BCUT2D eigenvalue weighted by Crippen LogP contribution is -2.55. The number of Topliss-reactive ketones (excluding diaryl/α,β-unsaturated/α-hetero) is 1. The molecule has 1 amide bonds. The van der Waals surface area contributed by atoms with Gasteiger partial charge in [0.15, 0.2) is 5.78 Å². The average molecular weight is 491 g/mol. The molecule has 182 valence electrons. The Bertz CT molecular complexity index is 1070. The number of nitrogens with zero attached hydrogens (tertiary/aromatic N) is 2. The third-order valence-corrected chi connectivity index (χ3v) is 6.94. The Labute approximate surface area is 203 Å². The Hall–Kier alpha value is -2.35. The van der Waals surface area contributed by atoms with Gasteiger partial charge in [-0.1, -0.05) is 11.6 Å². The average Bonchev–Trinajstić information content (AvgIpc) is 3.31. The Morgan fingerprint density at radius 2 is 1.79 bits per heavy atom. The van der Waals surface area contributed by atoms with Gasteiger partial charge in [0.05, 0.1) is 0 Å². The summed E-state index contributed by atoms with van der Waals surface area (Å²) >= 11 is 6.37. The Morgan fingerprint density at radius 1 is 1.09 bits per heavy atom. The maximum Gasteiger partial charge on any atom is 0.252 e. The molecule has 4 rings (SSSR count). The molecule has 5 nitrogen and oxygen atoms in total. The van der Waals surface area contributed by atoms with E-state index in [-0.39, 0.29) is 35.8 Å². The summed E-state index contributed by atoms with van der Waals surface area (Å²) in [5.41, 5.74) is 2.66. The second-order valence-electron chi connectivity index (χ2n) is 9.22. The van der Waals surface area contributed by atoms with Crippen LogP contribution in [0.3, 0.4) is 0 Å². The lowest BCUT2D eigenvalue weighted by atomic mass is 9.95. The minimum absolute atomic E-state index is 0.000665. The van der Waals surface area contributed by atoms with Gasteiger partial charge in [0, 0.05) is 61.9 Å². The number of ketones is 1. The monoisotopic (exact) mass is 490 g/mol. The van der Waals surface area contributed by atoms with E-state index in [9.17, 15) is 18.4 Å². The van der Waals surface area contributed by atoms with Crippen LogP contribution in [0.4, 0.5) is 8.78 Å². The maximum absolute atomic E-state index is 13.5. The molecular weight excluding hydrogens is 462 g/mol. The van der Waals surface area contributed by atoms with E-state index in [1.54, 1.807) is 6.07 Å². The van der Waals surface area contributed by atoms with Crippen LogP contribution in [0.1, 0.15) is 46.8 Å². The van der Waals surface area contributed by atoms with E-state index < -0.39 is 11.6 Å². The van der Waals surface area contributed by atoms with Crippen LogP contribution >= 0.6 is 11.6 Å². The van der Waals surface area contributed by atoms with Crippen LogP contribution in [-0.2, 0) is 22.5 Å². The molecule has 0 saturated carbocycles. The van der Waals surface area contributed by atoms with Gasteiger partial charge in [-0.05, 0) is 67.6 Å². The molecular formula is C26H29ClF2N2O3. The minimum Gasteiger partial charge on any atom is -0.368 e. The van der Waals surface area contributed by atoms with Crippen molar-refractivity contribution >= 4 is 23.3 Å². The van der Waals surface area contributed by atoms with Crippen molar-refractivity contribution in [3.05, 3.63) is 69.2 Å². The molecule has 2 atom stereocenters. The van der Waals surface area contributed by atoms with Crippen molar-refractivity contribution in [2.45, 2.75) is 51.8 Å². The second kappa shape index (κ2) is 10.5. The summed E-state index contributed by atoms with van der Waals surface area (Å²) in [4.78, 5) is 29.7. The molecule has 0 spiro atoms. The molecule has 0 bridgehead atoms. The van der Waals surface area contributed by atoms with Crippen molar-refractivity contribution in [3.63, 3.8) is 0 Å². The fourth-order valence-corrected chi connectivity index (χ4v) is 5.10. The number of hydrogen-bond donors (Lipinski definition) is 0. The highest BCUT2D eigenvalue weighted by Gasteiger charge is 2.34. The van der Waals surface area contributed by atoms with Gasteiger partial charge in [-0.3, -0.25) is 14.5 Å². The molecule has 0 radical (unpaired) electrons. The molecule has 0 aliphatic carbocycles. The van der Waals surface area contributed by atoms with Gasteiger partial charge >= 0.3 is 0 Å². The number of benzene rings is 2. The summed E-state index contributed by atoms with van der Waals surface area (Å²) in [7, 11) is 0. The van der Waals surface area contributed by atoms with Crippen LogP contribution in [0.2, 0.25) is 5.02 Å². The molecule has 8 heteroatoms. The molecule has 2 aromatic carbocycles.